The number of benzene rings is 2. The number of hydrogen-bond donors (Lipinski definition) is 2. The molecular weight excluding hydrogens is 375 g/mol. The lowest BCUT2D eigenvalue weighted by Gasteiger charge is -2.10. The van der Waals surface area contributed by atoms with Gasteiger partial charge in [0.05, 0.1) is 16.3 Å². The van der Waals surface area contributed by atoms with Crippen LogP contribution in [0, 0.1) is 3.57 Å². The highest BCUT2D eigenvalue weighted by Gasteiger charge is 2.06. The van der Waals surface area contributed by atoms with Crippen molar-refractivity contribution >= 4 is 49.5 Å². The highest BCUT2D eigenvalue weighted by molar-refractivity contribution is 14.1. The number of halogens is 1. The molecule has 0 saturated carbocycles. The zero-order chi connectivity index (χ0) is 14.0. The first-order valence-corrected chi connectivity index (χ1v) is 8.45. The number of nitrogen functional groups attached to an aromatic ring is 1. The van der Waals surface area contributed by atoms with Gasteiger partial charge in [-0.25, -0.2) is 8.42 Å². The van der Waals surface area contributed by atoms with Crippen LogP contribution in [0.15, 0.2) is 47.4 Å². The summed E-state index contributed by atoms with van der Waals surface area (Å²) in [6.45, 7) is 0. The Balaban J connectivity index is 2.25. The predicted molar refractivity (Wildman–Crippen MR) is 86.4 cm³/mol. The first kappa shape index (κ1) is 14.1. The topological polar surface area (TPSA) is 72.2 Å². The maximum Gasteiger partial charge on any atom is 0.175 e. The van der Waals surface area contributed by atoms with Crippen molar-refractivity contribution in [1.82, 2.24) is 0 Å². The van der Waals surface area contributed by atoms with Crippen LogP contribution in [0.25, 0.3) is 0 Å². The molecule has 0 fully saturated rings. The standard InChI is InChI=1S/C13H13IN2O2S/c1-19(17,18)11-5-3-10(4-6-11)16-13-7-2-9(14)8-12(13)15/h2-8,16H,15H2,1H3. The maximum absolute atomic E-state index is 11.4. The molecule has 2 rings (SSSR count). The van der Waals surface area contributed by atoms with Gasteiger partial charge in [-0.2, -0.15) is 0 Å². The zero-order valence-corrected chi connectivity index (χ0v) is 13.2. The summed E-state index contributed by atoms with van der Waals surface area (Å²) in [4.78, 5) is 0.300. The summed E-state index contributed by atoms with van der Waals surface area (Å²) in [6.07, 6.45) is 1.19. The molecule has 2 aromatic carbocycles. The summed E-state index contributed by atoms with van der Waals surface area (Å²) < 4.78 is 23.8. The van der Waals surface area contributed by atoms with E-state index in [1.54, 1.807) is 24.3 Å². The van der Waals surface area contributed by atoms with E-state index in [-0.39, 0.29) is 0 Å². The van der Waals surface area contributed by atoms with Gasteiger partial charge in [0.1, 0.15) is 0 Å². The molecule has 0 aliphatic carbocycles. The second kappa shape index (κ2) is 5.38. The van der Waals surface area contributed by atoms with Crippen LogP contribution in [0.1, 0.15) is 0 Å². The lowest BCUT2D eigenvalue weighted by molar-refractivity contribution is 0.602. The second-order valence-corrected chi connectivity index (χ2v) is 7.41. The molecule has 0 aromatic heterocycles. The van der Waals surface area contributed by atoms with Gasteiger partial charge in [-0.05, 0) is 65.1 Å². The van der Waals surface area contributed by atoms with Crippen LogP contribution in [-0.4, -0.2) is 14.7 Å². The van der Waals surface area contributed by atoms with Crippen LogP contribution in [0.3, 0.4) is 0 Å². The zero-order valence-electron chi connectivity index (χ0n) is 10.2. The van der Waals surface area contributed by atoms with Crippen molar-refractivity contribution in [2.24, 2.45) is 0 Å². The molecule has 19 heavy (non-hydrogen) atoms. The van der Waals surface area contributed by atoms with Gasteiger partial charge in [-0.15, -0.1) is 0 Å². The van der Waals surface area contributed by atoms with Crippen molar-refractivity contribution in [2.75, 3.05) is 17.3 Å². The molecule has 0 radical (unpaired) electrons. The van der Waals surface area contributed by atoms with Gasteiger partial charge in [0.15, 0.2) is 9.84 Å². The molecule has 3 N–H and O–H groups in total. The first-order chi connectivity index (χ1) is 8.86. The van der Waals surface area contributed by atoms with Crippen LogP contribution in [0.5, 0.6) is 0 Å². The van der Waals surface area contributed by atoms with E-state index in [1.165, 1.54) is 6.26 Å². The fourth-order valence-corrected chi connectivity index (χ4v) is 2.73. The molecule has 0 aliphatic rings. The van der Waals surface area contributed by atoms with E-state index in [9.17, 15) is 8.42 Å². The van der Waals surface area contributed by atoms with E-state index in [0.717, 1.165) is 14.9 Å². The molecule has 100 valence electrons. The van der Waals surface area contributed by atoms with Crippen molar-refractivity contribution in [3.8, 4) is 0 Å². The Bertz CT molecular complexity index is 697. The van der Waals surface area contributed by atoms with Gasteiger partial charge in [-0.3, -0.25) is 0 Å². The van der Waals surface area contributed by atoms with Crippen LogP contribution in [0.2, 0.25) is 0 Å². The Morgan fingerprint density at radius 2 is 1.74 bits per heavy atom. The molecule has 6 heteroatoms. The van der Waals surface area contributed by atoms with E-state index in [0.29, 0.717) is 10.6 Å². The Kier molecular flexibility index (Phi) is 4.00. The van der Waals surface area contributed by atoms with Gasteiger partial charge in [0.25, 0.3) is 0 Å². The number of rotatable bonds is 3. The SMILES string of the molecule is CS(=O)(=O)c1ccc(Nc2ccc(I)cc2N)cc1. The molecule has 0 bridgehead atoms. The summed E-state index contributed by atoms with van der Waals surface area (Å²) in [5.74, 6) is 0. The van der Waals surface area contributed by atoms with Crippen LogP contribution >= 0.6 is 22.6 Å². The highest BCUT2D eigenvalue weighted by Crippen LogP contribution is 2.25. The van der Waals surface area contributed by atoms with E-state index in [4.69, 9.17) is 5.73 Å². The third kappa shape index (κ3) is 3.60. The number of anilines is 3. The molecule has 4 nitrogen and oxygen atoms in total. The third-order valence-electron chi connectivity index (χ3n) is 2.58. The number of hydrogen-bond acceptors (Lipinski definition) is 4. The first-order valence-electron chi connectivity index (χ1n) is 5.48. The summed E-state index contributed by atoms with van der Waals surface area (Å²) in [6, 6.07) is 12.3. The lowest BCUT2D eigenvalue weighted by Crippen LogP contribution is -1.99. The highest BCUT2D eigenvalue weighted by atomic mass is 127. The summed E-state index contributed by atoms with van der Waals surface area (Å²) in [5.41, 5.74) is 8.15. The molecule has 0 aliphatic heterocycles. The molecule has 0 heterocycles. The Morgan fingerprint density at radius 1 is 1.11 bits per heavy atom. The largest absolute Gasteiger partial charge is 0.397 e. The van der Waals surface area contributed by atoms with E-state index < -0.39 is 9.84 Å². The minimum Gasteiger partial charge on any atom is -0.397 e. The van der Waals surface area contributed by atoms with E-state index in [2.05, 4.69) is 27.9 Å². The van der Waals surface area contributed by atoms with Crippen LogP contribution in [-0.2, 0) is 9.84 Å². The van der Waals surface area contributed by atoms with Crippen molar-refractivity contribution in [1.29, 1.82) is 0 Å². The minimum absolute atomic E-state index is 0.300. The third-order valence-corrected chi connectivity index (χ3v) is 4.37. The van der Waals surface area contributed by atoms with Gasteiger partial charge in [0, 0.05) is 15.5 Å². The minimum atomic E-state index is -3.16. The van der Waals surface area contributed by atoms with Crippen molar-refractivity contribution in [2.45, 2.75) is 4.90 Å². The Labute approximate surface area is 126 Å². The van der Waals surface area contributed by atoms with E-state index >= 15 is 0 Å². The van der Waals surface area contributed by atoms with Gasteiger partial charge in [-0.1, -0.05) is 0 Å². The Morgan fingerprint density at radius 3 is 2.26 bits per heavy atom. The van der Waals surface area contributed by atoms with E-state index in [1.807, 2.05) is 18.2 Å². The molecule has 0 atom stereocenters. The second-order valence-electron chi connectivity index (χ2n) is 4.15. The molecule has 0 spiro atoms. The van der Waals surface area contributed by atoms with Gasteiger partial charge < -0.3 is 11.1 Å². The fourth-order valence-electron chi connectivity index (χ4n) is 1.59. The number of sulfone groups is 1. The van der Waals surface area contributed by atoms with Crippen molar-refractivity contribution in [3.05, 3.63) is 46.0 Å². The molecular formula is C13H13IN2O2S. The average molecular weight is 388 g/mol. The fraction of sp³-hybridized carbons (Fsp3) is 0.0769. The quantitative estimate of drug-likeness (QED) is 0.627. The average Bonchev–Trinajstić information content (AvgIpc) is 2.32. The smallest absolute Gasteiger partial charge is 0.175 e. The predicted octanol–water partition coefficient (Wildman–Crippen LogP) is 3.02. The van der Waals surface area contributed by atoms with Crippen LogP contribution < -0.4 is 11.1 Å². The summed E-state index contributed by atoms with van der Waals surface area (Å²) in [5, 5.41) is 3.15. The summed E-state index contributed by atoms with van der Waals surface area (Å²) >= 11 is 2.19. The van der Waals surface area contributed by atoms with Crippen molar-refractivity contribution < 1.29 is 8.42 Å². The monoisotopic (exact) mass is 388 g/mol. The van der Waals surface area contributed by atoms with Crippen molar-refractivity contribution in [3.63, 3.8) is 0 Å². The normalized spacial score (nSPS) is 11.3. The van der Waals surface area contributed by atoms with Gasteiger partial charge >= 0.3 is 0 Å². The lowest BCUT2D eigenvalue weighted by atomic mass is 10.2. The number of nitrogens with one attached hydrogen (secondary N) is 1. The number of nitrogens with two attached hydrogens (primary N) is 1. The molecule has 0 amide bonds. The van der Waals surface area contributed by atoms with Crippen LogP contribution in [0.4, 0.5) is 17.1 Å². The Hall–Kier alpha value is -1.28. The summed E-state index contributed by atoms with van der Waals surface area (Å²) in [7, 11) is -3.16. The molecule has 0 saturated heterocycles. The molecule has 2 aromatic rings. The maximum atomic E-state index is 11.4. The van der Waals surface area contributed by atoms with Gasteiger partial charge in [0.2, 0.25) is 0 Å². The molecule has 0 unspecified atom stereocenters.